The fraction of sp³-hybridized carbons (Fsp3) is 0.500. The maximum absolute atomic E-state index is 12.8. The van der Waals surface area contributed by atoms with Gasteiger partial charge in [0.05, 0.1) is 23.0 Å². The molecule has 0 bridgehead atoms. The number of piperazine rings is 1. The molecule has 2 saturated heterocycles. The highest BCUT2D eigenvalue weighted by Gasteiger charge is 2.34. The lowest BCUT2D eigenvalue weighted by Crippen LogP contribution is -2.52. The average molecular weight is 349 g/mol. The summed E-state index contributed by atoms with van der Waals surface area (Å²) in [5.41, 5.74) is 0.138. The Labute approximate surface area is 141 Å². The molecule has 2 fully saturated rings. The van der Waals surface area contributed by atoms with Gasteiger partial charge in [0.1, 0.15) is 6.07 Å². The van der Waals surface area contributed by atoms with E-state index in [2.05, 4.69) is 0 Å². The number of benzene rings is 1. The van der Waals surface area contributed by atoms with Crippen LogP contribution in [0.1, 0.15) is 12.0 Å². The topological polar surface area (TPSA) is 90.7 Å². The van der Waals surface area contributed by atoms with Gasteiger partial charge in [-0.3, -0.25) is 4.79 Å². The van der Waals surface area contributed by atoms with Crippen LogP contribution in [0.4, 0.5) is 0 Å². The van der Waals surface area contributed by atoms with E-state index in [0.717, 1.165) is 6.42 Å². The molecular formula is C16H19N3O4S. The second-order valence-electron chi connectivity index (χ2n) is 5.90. The molecule has 0 saturated carbocycles. The molecule has 0 aromatic heterocycles. The summed E-state index contributed by atoms with van der Waals surface area (Å²) in [5.74, 6) is -0.0607. The molecule has 3 rings (SSSR count). The van der Waals surface area contributed by atoms with Crippen LogP contribution in [0.25, 0.3) is 0 Å². The number of hydrogen-bond donors (Lipinski definition) is 0. The molecule has 0 N–H and O–H groups in total. The molecule has 0 aliphatic carbocycles. The SMILES string of the molecule is N#Cc1ccccc1S(=O)(=O)N1CCN(C(=O)C2CCOC2)CC1. The Kier molecular flexibility index (Phi) is 4.85. The molecule has 1 atom stereocenters. The smallest absolute Gasteiger partial charge is 0.244 e. The second kappa shape index (κ2) is 6.89. The van der Waals surface area contributed by atoms with Gasteiger partial charge in [-0.25, -0.2) is 8.42 Å². The summed E-state index contributed by atoms with van der Waals surface area (Å²) >= 11 is 0. The highest BCUT2D eigenvalue weighted by atomic mass is 32.2. The summed E-state index contributed by atoms with van der Waals surface area (Å²) in [6.45, 7) is 2.26. The van der Waals surface area contributed by atoms with Crippen molar-refractivity contribution in [3.63, 3.8) is 0 Å². The van der Waals surface area contributed by atoms with E-state index in [1.165, 1.54) is 16.4 Å². The van der Waals surface area contributed by atoms with Gasteiger partial charge in [-0.1, -0.05) is 12.1 Å². The highest BCUT2D eigenvalue weighted by Crippen LogP contribution is 2.22. The van der Waals surface area contributed by atoms with Crippen LogP contribution in [-0.2, 0) is 19.6 Å². The van der Waals surface area contributed by atoms with Gasteiger partial charge in [0.25, 0.3) is 0 Å². The van der Waals surface area contributed by atoms with E-state index >= 15 is 0 Å². The van der Waals surface area contributed by atoms with Crippen LogP contribution in [0.3, 0.4) is 0 Å². The van der Waals surface area contributed by atoms with Crippen molar-refractivity contribution >= 4 is 15.9 Å². The third kappa shape index (κ3) is 3.15. The van der Waals surface area contributed by atoms with Crippen molar-refractivity contribution < 1.29 is 17.9 Å². The molecule has 2 aliphatic rings. The van der Waals surface area contributed by atoms with E-state index in [-0.39, 0.29) is 35.4 Å². The van der Waals surface area contributed by atoms with E-state index in [1.807, 2.05) is 6.07 Å². The maximum Gasteiger partial charge on any atom is 0.244 e. The molecule has 0 spiro atoms. The summed E-state index contributed by atoms with van der Waals surface area (Å²) in [4.78, 5) is 14.1. The third-order valence-corrected chi connectivity index (χ3v) is 6.41. The zero-order valence-electron chi connectivity index (χ0n) is 13.2. The van der Waals surface area contributed by atoms with Crippen LogP contribution >= 0.6 is 0 Å². The molecule has 1 aromatic rings. The predicted molar refractivity (Wildman–Crippen MR) is 85.4 cm³/mol. The first-order valence-electron chi connectivity index (χ1n) is 7.90. The number of carbonyl (C=O) groups is 1. The summed E-state index contributed by atoms with van der Waals surface area (Å²) in [5, 5.41) is 9.12. The van der Waals surface area contributed by atoms with Crippen LogP contribution in [0.15, 0.2) is 29.2 Å². The standard InChI is InChI=1S/C16H19N3O4S/c17-11-13-3-1-2-4-15(13)24(21,22)19-8-6-18(7-9-19)16(20)14-5-10-23-12-14/h1-4,14H,5-10,12H2. The first-order chi connectivity index (χ1) is 11.5. The Hall–Kier alpha value is -1.95. The number of rotatable bonds is 3. The largest absolute Gasteiger partial charge is 0.381 e. The average Bonchev–Trinajstić information content (AvgIpc) is 3.15. The van der Waals surface area contributed by atoms with Crippen LogP contribution in [-0.4, -0.2) is 62.9 Å². The van der Waals surface area contributed by atoms with Gasteiger partial charge in [0.15, 0.2) is 0 Å². The normalized spacial score (nSPS) is 22.3. The Bertz CT molecular complexity index is 758. The molecule has 0 radical (unpaired) electrons. The van der Waals surface area contributed by atoms with Crippen molar-refractivity contribution in [1.29, 1.82) is 5.26 Å². The Morgan fingerprint density at radius 2 is 1.92 bits per heavy atom. The molecule has 2 heterocycles. The molecule has 2 aliphatic heterocycles. The van der Waals surface area contributed by atoms with Gasteiger partial charge in [-0.05, 0) is 18.6 Å². The lowest BCUT2D eigenvalue weighted by atomic mass is 10.1. The number of amides is 1. The Balaban J connectivity index is 1.70. The maximum atomic E-state index is 12.8. The fourth-order valence-corrected chi connectivity index (χ4v) is 4.62. The van der Waals surface area contributed by atoms with Crippen molar-refractivity contribution in [3.8, 4) is 6.07 Å². The Morgan fingerprint density at radius 3 is 2.54 bits per heavy atom. The van der Waals surface area contributed by atoms with E-state index < -0.39 is 10.0 Å². The van der Waals surface area contributed by atoms with E-state index in [4.69, 9.17) is 10.00 Å². The zero-order chi connectivity index (χ0) is 17.2. The molecule has 1 aromatic carbocycles. The third-order valence-electron chi connectivity index (χ3n) is 4.45. The first kappa shape index (κ1) is 16.9. The van der Waals surface area contributed by atoms with Gasteiger partial charge < -0.3 is 9.64 Å². The van der Waals surface area contributed by atoms with Crippen LogP contribution in [0, 0.1) is 17.2 Å². The zero-order valence-corrected chi connectivity index (χ0v) is 14.0. The fourth-order valence-electron chi connectivity index (χ4n) is 3.06. The minimum atomic E-state index is -3.72. The molecule has 7 nitrogen and oxygen atoms in total. The summed E-state index contributed by atoms with van der Waals surface area (Å²) in [6, 6.07) is 8.10. The van der Waals surface area contributed by atoms with Gasteiger partial charge in [0, 0.05) is 32.8 Å². The molecule has 1 unspecified atom stereocenters. The van der Waals surface area contributed by atoms with Crippen LogP contribution in [0.5, 0.6) is 0 Å². The lowest BCUT2D eigenvalue weighted by molar-refractivity contribution is -0.136. The van der Waals surface area contributed by atoms with Crippen LogP contribution in [0.2, 0.25) is 0 Å². The monoisotopic (exact) mass is 349 g/mol. The summed E-state index contributed by atoms with van der Waals surface area (Å²) in [6.07, 6.45) is 0.729. The van der Waals surface area contributed by atoms with E-state index in [0.29, 0.717) is 26.3 Å². The van der Waals surface area contributed by atoms with Crippen molar-refractivity contribution in [2.45, 2.75) is 11.3 Å². The quantitative estimate of drug-likeness (QED) is 0.789. The molecular weight excluding hydrogens is 330 g/mol. The van der Waals surface area contributed by atoms with Crippen LogP contribution < -0.4 is 0 Å². The number of hydrogen-bond acceptors (Lipinski definition) is 5. The number of ether oxygens (including phenoxy) is 1. The predicted octanol–water partition coefficient (Wildman–Crippen LogP) is 0.428. The van der Waals surface area contributed by atoms with Crippen molar-refractivity contribution in [2.24, 2.45) is 5.92 Å². The van der Waals surface area contributed by atoms with Gasteiger partial charge >= 0.3 is 0 Å². The number of carbonyl (C=O) groups excluding carboxylic acids is 1. The van der Waals surface area contributed by atoms with Crippen molar-refractivity contribution in [1.82, 2.24) is 9.21 Å². The molecule has 128 valence electrons. The molecule has 24 heavy (non-hydrogen) atoms. The van der Waals surface area contributed by atoms with Gasteiger partial charge in [-0.2, -0.15) is 9.57 Å². The van der Waals surface area contributed by atoms with Gasteiger partial charge in [-0.15, -0.1) is 0 Å². The first-order valence-corrected chi connectivity index (χ1v) is 9.34. The number of nitrogens with zero attached hydrogens (tertiary/aromatic N) is 3. The number of nitriles is 1. The molecule has 1 amide bonds. The highest BCUT2D eigenvalue weighted by molar-refractivity contribution is 7.89. The second-order valence-corrected chi connectivity index (χ2v) is 7.80. The summed E-state index contributed by atoms with van der Waals surface area (Å²) < 4.78 is 32.1. The molecule has 8 heteroatoms. The summed E-state index contributed by atoms with van der Waals surface area (Å²) in [7, 11) is -3.72. The van der Waals surface area contributed by atoms with E-state index in [1.54, 1.807) is 17.0 Å². The van der Waals surface area contributed by atoms with Gasteiger partial charge in [0.2, 0.25) is 15.9 Å². The lowest BCUT2D eigenvalue weighted by Gasteiger charge is -2.35. The van der Waals surface area contributed by atoms with E-state index in [9.17, 15) is 13.2 Å². The Morgan fingerprint density at radius 1 is 1.21 bits per heavy atom. The minimum Gasteiger partial charge on any atom is -0.381 e. The minimum absolute atomic E-state index is 0.0245. The number of sulfonamides is 1. The van der Waals surface area contributed by atoms with Crippen molar-refractivity contribution in [2.75, 3.05) is 39.4 Å². The van der Waals surface area contributed by atoms with Crippen molar-refractivity contribution in [3.05, 3.63) is 29.8 Å².